The highest BCUT2D eigenvalue weighted by atomic mass is 28.4. The lowest BCUT2D eigenvalue weighted by atomic mass is 9.82. The van der Waals surface area contributed by atoms with Crippen LogP contribution in [0, 0.1) is 16.0 Å². The third-order valence-electron chi connectivity index (χ3n) is 10.2. The molecule has 0 aliphatic carbocycles. The number of nitrogens with zero attached hydrogens (tertiary/aromatic N) is 3. The van der Waals surface area contributed by atoms with Crippen LogP contribution in [0.4, 0.5) is 22.7 Å². The molecule has 6 rings (SSSR count). The summed E-state index contributed by atoms with van der Waals surface area (Å²) in [6, 6.07) is 17.5. The third-order valence-corrected chi connectivity index (χ3v) is 12.7. The molecule has 3 aliphatic heterocycles. The van der Waals surface area contributed by atoms with E-state index < -0.39 is 42.3 Å². The monoisotopic (exact) mass is 687 g/mol. The molecule has 1 spiro atoms. The minimum absolute atomic E-state index is 0.0919. The van der Waals surface area contributed by atoms with Crippen LogP contribution in [0.3, 0.4) is 0 Å². The highest BCUT2D eigenvalue weighted by Crippen LogP contribution is 2.60. The number of aliphatic hydroxyl groups is 1. The molecule has 3 aromatic carbocycles. The zero-order valence-electron chi connectivity index (χ0n) is 27.7. The Labute approximate surface area is 284 Å². The Morgan fingerprint density at radius 3 is 2.45 bits per heavy atom. The van der Waals surface area contributed by atoms with Crippen molar-refractivity contribution in [2.75, 3.05) is 29.1 Å². The van der Waals surface area contributed by atoms with Crippen molar-refractivity contribution in [3.05, 3.63) is 93.5 Å². The molecule has 0 radical (unpaired) electrons. The van der Waals surface area contributed by atoms with E-state index in [1.54, 1.807) is 72.6 Å². The normalized spacial score (nSPS) is 24.8. The van der Waals surface area contributed by atoms with Crippen LogP contribution in [0.2, 0.25) is 18.6 Å². The van der Waals surface area contributed by atoms with Crippen LogP contribution in [0.5, 0.6) is 0 Å². The molecule has 0 unspecified atom stereocenters. The van der Waals surface area contributed by atoms with Gasteiger partial charge in [-0.2, -0.15) is 0 Å². The maximum absolute atomic E-state index is 14.7. The van der Waals surface area contributed by atoms with Gasteiger partial charge in [-0.05, 0) is 74.0 Å². The Bertz CT molecular complexity index is 1780. The van der Waals surface area contributed by atoms with Gasteiger partial charge in [-0.3, -0.25) is 24.5 Å². The van der Waals surface area contributed by atoms with Crippen molar-refractivity contribution < 1.29 is 33.9 Å². The number of aliphatic hydroxyl groups excluding tert-OH is 1. The van der Waals surface area contributed by atoms with E-state index in [2.05, 4.69) is 5.32 Å². The second kappa shape index (κ2) is 13.0. The van der Waals surface area contributed by atoms with Gasteiger partial charge < -0.3 is 35.5 Å². The number of benzene rings is 3. The van der Waals surface area contributed by atoms with E-state index in [1.165, 1.54) is 17.0 Å². The number of carbonyl (C=O) groups excluding carboxylic acids is 3. The van der Waals surface area contributed by atoms with Crippen molar-refractivity contribution in [1.29, 1.82) is 0 Å². The first-order valence-electron chi connectivity index (χ1n) is 16.4. The van der Waals surface area contributed by atoms with Gasteiger partial charge in [0.15, 0.2) is 13.9 Å². The Morgan fingerprint density at radius 2 is 1.82 bits per heavy atom. The average molecular weight is 688 g/mol. The van der Waals surface area contributed by atoms with Gasteiger partial charge in [0.1, 0.15) is 0 Å². The van der Waals surface area contributed by atoms with Gasteiger partial charge in [0.05, 0.1) is 42.3 Å². The van der Waals surface area contributed by atoms with Gasteiger partial charge in [-0.25, -0.2) is 0 Å². The number of nitrogen functional groups attached to an aromatic ring is 1. The molecule has 3 aliphatic rings. The summed E-state index contributed by atoms with van der Waals surface area (Å²) in [5.74, 6) is -1.57. The first kappa shape index (κ1) is 34.2. The number of nitro groups is 1. The van der Waals surface area contributed by atoms with Gasteiger partial charge >= 0.3 is 0 Å². The molecule has 13 nitrogen and oxygen atoms in total. The molecule has 2 saturated heterocycles. The fourth-order valence-corrected chi connectivity index (χ4v) is 10.4. The Hall–Kier alpha value is -4.63. The van der Waals surface area contributed by atoms with E-state index in [-0.39, 0.29) is 43.1 Å². The number of ether oxygens (including phenoxy) is 1. The molecule has 3 aromatic rings. The van der Waals surface area contributed by atoms with E-state index in [0.29, 0.717) is 41.2 Å². The fourth-order valence-electron chi connectivity index (χ4n) is 7.89. The standard InChI is InChI=1S/C35H41N5O8Si/c1-21-32(49(2,3)47)30(18-31(42)38-16-4-5-27(38)20-41)48-35(21)28-17-26(40(45)46)14-15-29(28)39(34(35)44)19-22-6-12-25(13-7-22)37-33(43)23-8-10-24(36)11-9-23/h6-15,17,21,27,30,32,41,47H,4-5,16,18-20,36H2,1-3H3,(H,37,43)/t21-,27+,30+,32-,35+/m1/s1. The Kier molecular flexibility index (Phi) is 9.09. The van der Waals surface area contributed by atoms with Crippen LogP contribution in [0.15, 0.2) is 66.7 Å². The number of anilines is 3. The zero-order valence-corrected chi connectivity index (χ0v) is 28.7. The van der Waals surface area contributed by atoms with E-state index in [0.717, 1.165) is 12.0 Å². The number of amides is 3. The first-order chi connectivity index (χ1) is 23.2. The number of non-ortho nitro benzene ring substituents is 1. The van der Waals surface area contributed by atoms with Crippen LogP contribution < -0.4 is 16.0 Å². The van der Waals surface area contributed by atoms with Crippen LogP contribution >= 0.6 is 0 Å². The van der Waals surface area contributed by atoms with Crippen LogP contribution in [0.1, 0.15) is 47.7 Å². The van der Waals surface area contributed by atoms with Crippen molar-refractivity contribution in [3.8, 4) is 0 Å². The predicted molar refractivity (Wildman–Crippen MR) is 185 cm³/mol. The van der Waals surface area contributed by atoms with E-state index in [4.69, 9.17) is 10.5 Å². The number of carbonyl (C=O) groups is 3. The minimum Gasteiger partial charge on any atom is -0.432 e. The molecule has 14 heteroatoms. The summed E-state index contributed by atoms with van der Waals surface area (Å²) < 4.78 is 6.71. The fraction of sp³-hybridized carbons (Fsp3) is 0.400. The Morgan fingerprint density at radius 1 is 1.12 bits per heavy atom. The number of hydrogen-bond donors (Lipinski definition) is 4. The van der Waals surface area contributed by atoms with E-state index >= 15 is 0 Å². The predicted octanol–water partition coefficient (Wildman–Crippen LogP) is 4.15. The van der Waals surface area contributed by atoms with Crippen molar-refractivity contribution in [2.45, 2.75) is 69.1 Å². The molecule has 5 N–H and O–H groups in total. The van der Waals surface area contributed by atoms with Gasteiger partial charge in [0.25, 0.3) is 17.5 Å². The van der Waals surface area contributed by atoms with Crippen molar-refractivity contribution in [2.24, 2.45) is 5.92 Å². The SMILES string of the molecule is C[C@@H]1[C@@H]([Si](C)(C)O)[C@H](CC(=O)N2CCC[C@H]2CO)O[C@@]12C(=O)N(Cc1ccc(NC(=O)c3ccc(N)cc3)cc1)c1ccc([N+](=O)[O-])cc12. The average Bonchev–Trinajstić information content (AvgIpc) is 3.72. The van der Waals surface area contributed by atoms with Crippen LogP contribution in [-0.2, 0) is 26.5 Å². The molecular formula is C35H41N5O8Si. The maximum atomic E-state index is 14.7. The third kappa shape index (κ3) is 6.20. The molecular weight excluding hydrogens is 646 g/mol. The van der Waals surface area contributed by atoms with Crippen LogP contribution in [-0.4, -0.2) is 71.1 Å². The summed E-state index contributed by atoms with van der Waals surface area (Å²) in [4.78, 5) is 67.1. The molecule has 3 amide bonds. The lowest BCUT2D eigenvalue weighted by Crippen LogP contribution is -2.46. The molecule has 258 valence electrons. The molecule has 2 fully saturated rings. The van der Waals surface area contributed by atoms with Crippen molar-refractivity contribution >= 4 is 48.8 Å². The number of nitrogens with one attached hydrogen (secondary N) is 1. The Balaban J connectivity index is 1.31. The maximum Gasteiger partial charge on any atom is 0.269 e. The first-order valence-corrected chi connectivity index (χ1v) is 19.4. The number of nitrogens with two attached hydrogens (primary N) is 1. The van der Waals surface area contributed by atoms with Gasteiger partial charge in [-0.15, -0.1) is 0 Å². The highest BCUT2D eigenvalue weighted by molar-refractivity contribution is 6.71. The number of fused-ring (bicyclic) bond motifs is 2. The van der Waals surface area contributed by atoms with E-state index in [1.807, 2.05) is 6.92 Å². The molecule has 0 bridgehead atoms. The lowest BCUT2D eigenvalue weighted by Gasteiger charge is -2.32. The van der Waals surface area contributed by atoms with Crippen molar-refractivity contribution in [3.63, 3.8) is 0 Å². The quantitative estimate of drug-likeness (QED) is 0.111. The summed E-state index contributed by atoms with van der Waals surface area (Å²) in [5, 5.41) is 24.6. The van der Waals surface area contributed by atoms with Crippen molar-refractivity contribution in [1.82, 2.24) is 4.90 Å². The smallest absolute Gasteiger partial charge is 0.269 e. The summed E-state index contributed by atoms with van der Waals surface area (Å²) >= 11 is 0. The summed E-state index contributed by atoms with van der Waals surface area (Å²) in [7, 11) is -3.10. The van der Waals surface area contributed by atoms with Crippen LogP contribution in [0.25, 0.3) is 0 Å². The summed E-state index contributed by atoms with van der Waals surface area (Å²) in [5.41, 5.74) is 6.36. The second-order valence-corrected chi connectivity index (χ2v) is 17.7. The molecule has 0 aromatic heterocycles. The van der Waals surface area contributed by atoms with Gasteiger partial charge in [0, 0.05) is 52.6 Å². The highest BCUT2D eigenvalue weighted by Gasteiger charge is 2.66. The molecule has 49 heavy (non-hydrogen) atoms. The zero-order chi connectivity index (χ0) is 35.2. The molecule has 3 heterocycles. The van der Waals surface area contributed by atoms with Gasteiger partial charge in [-0.1, -0.05) is 19.1 Å². The second-order valence-electron chi connectivity index (χ2n) is 13.8. The minimum atomic E-state index is -3.10. The summed E-state index contributed by atoms with van der Waals surface area (Å²) in [6.45, 7) is 5.78. The number of likely N-dealkylation sites (tertiary alicyclic amines) is 1. The number of hydrogen-bond acceptors (Lipinski definition) is 9. The van der Waals surface area contributed by atoms with E-state index in [9.17, 15) is 34.4 Å². The topological polar surface area (TPSA) is 189 Å². The summed E-state index contributed by atoms with van der Waals surface area (Å²) in [6.07, 6.45) is 0.547. The lowest BCUT2D eigenvalue weighted by molar-refractivity contribution is -0.385. The van der Waals surface area contributed by atoms with Gasteiger partial charge in [0.2, 0.25) is 5.91 Å². The number of nitro benzene ring substituents is 1. The molecule has 0 saturated carbocycles. The molecule has 5 atom stereocenters. The number of rotatable bonds is 9. The largest absolute Gasteiger partial charge is 0.432 e.